The van der Waals surface area contributed by atoms with Crippen molar-refractivity contribution in [1.29, 1.82) is 0 Å². The Morgan fingerprint density at radius 1 is 1.31 bits per heavy atom. The number of imide groups is 1. The predicted octanol–water partition coefficient (Wildman–Crippen LogP) is 2.13. The molecule has 4 rings (SSSR count). The van der Waals surface area contributed by atoms with Crippen molar-refractivity contribution in [2.45, 2.75) is 38.8 Å². The molecule has 0 bridgehead atoms. The average molecular weight is 372 g/mol. The summed E-state index contributed by atoms with van der Waals surface area (Å²) in [5, 5.41) is 4.60. The molecule has 1 saturated heterocycles. The van der Waals surface area contributed by atoms with Crippen molar-refractivity contribution in [3.8, 4) is 0 Å². The van der Waals surface area contributed by atoms with Gasteiger partial charge in [-0.15, -0.1) is 0 Å². The highest BCUT2D eigenvalue weighted by Crippen LogP contribution is 2.36. The van der Waals surface area contributed by atoms with Gasteiger partial charge in [0.2, 0.25) is 5.91 Å². The molecule has 2 aliphatic heterocycles. The van der Waals surface area contributed by atoms with Gasteiger partial charge >= 0.3 is 6.03 Å². The molecule has 136 valence electrons. The van der Waals surface area contributed by atoms with Crippen LogP contribution in [0.4, 0.5) is 10.5 Å². The smallest absolute Gasteiger partial charge is 0.324 e. The number of fused-ring (bicyclic) bond motifs is 1. The molecular formula is C18H20N4O3S. The summed E-state index contributed by atoms with van der Waals surface area (Å²) in [4.78, 5) is 40.7. The topological polar surface area (TPSA) is 81.8 Å². The van der Waals surface area contributed by atoms with E-state index in [9.17, 15) is 14.4 Å². The summed E-state index contributed by atoms with van der Waals surface area (Å²) in [5.74, 6) is -0.508. The molecule has 4 amide bonds. The molecule has 1 unspecified atom stereocenters. The molecule has 2 fully saturated rings. The Balaban J connectivity index is 1.53. The zero-order valence-corrected chi connectivity index (χ0v) is 15.4. The van der Waals surface area contributed by atoms with Gasteiger partial charge in [0.15, 0.2) is 0 Å². The van der Waals surface area contributed by atoms with Crippen LogP contribution in [0.1, 0.15) is 24.0 Å². The van der Waals surface area contributed by atoms with Crippen LogP contribution in [0, 0.1) is 13.8 Å². The van der Waals surface area contributed by atoms with Crippen LogP contribution in [0.5, 0.6) is 0 Å². The molecule has 2 heterocycles. The number of amides is 4. The number of carbonyl (C=O) groups excluding carboxylic acids is 3. The molecular weight excluding hydrogens is 352 g/mol. The second kappa shape index (κ2) is 6.44. The van der Waals surface area contributed by atoms with E-state index in [2.05, 4.69) is 10.0 Å². The number of hydrogen-bond acceptors (Lipinski definition) is 5. The lowest BCUT2D eigenvalue weighted by Crippen LogP contribution is -2.61. The first-order valence-corrected chi connectivity index (χ1v) is 9.46. The van der Waals surface area contributed by atoms with Gasteiger partial charge in [-0.1, -0.05) is 29.6 Å². The van der Waals surface area contributed by atoms with E-state index in [1.54, 1.807) is 5.41 Å². The van der Waals surface area contributed by atoms with E-state index in [0.29, 0.717) is 5.70 Å². The Hall–Kier alpha value is -2.32. The molecule has 26 heavy (non-hydrogen) atoms. The van der Waals surface area contributed by atoms with Gasteiger partial charge < -0.3 is 5.32 Å². The molecule has 1 saturated carbocycles. The number of urea groups is 1. The molecule has 8 heteroatoms. The van der Waals surface area contributed by atoms with Crippen molar-refractivity contribution in [3.05, 3.63) is 40.4 Å². The standard InChI is InChI=1S/C18H20N4O3S/c1-10-3-6-13(11(2)7-10)19-15(23)8-21-14-9-26-20-16(14)17(24)22(18(21)25)12-4-5-12/h3,6-7,9,12,16,20H,4-5,8H2,1-2H3,(H,19,23). The molecule has 0 radical (unpaired) electrons. The predicted molar refractivity (Wildman–Crippen MR) is 99.1 cm³/mol. The normalized spacial score (nSPS) is 22.4. The average Bonchev–Trinajstić information content (AvgIpc) is 3.29. The molecule has 1 atom stereocenters. The van der Waals surface area contributed by atoms with Crippen LogP contribution in [0.3, 0.4) is 0 Å². The van der Waals surface area contributed by atoms with E-state index in [1.807, 2.05) is 32.0 Å². The van der Waals surface area contributed by atoms with E-state index >= 15 is 0 Å². The van der Waals surface area contributed by atoms with Gasteiger partial charge in [-0.3, -0.25) is 19.4 Å². The fraction of sp³-hybridized carbons (Fsp3) is 0.389. The summed E-state index contributed by atoms with van der Waals surface area (Å²) in [6, 6.07) is 4.78. The number of rotatable bonds is 4. The minimum Gasteiger partial charge on any atom is -0.324 e. The van der Waals surface area contributed by atoms with Crippen LogP contribution in [-0.2, 0) is 9.59 Å². The van der Waals surface area contributed by atoms with Gasteiger partial charge in [0.05, 0.1) is 5.70 Å². The lowest BCUT2D eigenvalue weighted by molar-refractivity contribution is -0.132. The van der Waals surface area contributed by atoms with Crippen molar-refractivity contribution < 1.29 is 14.4 Å². The first kappa shape index (κ1) is 17.1. The quantitative estimate of drug-likeness (QED) is 0.792. The van der Waals surface area contributed by atoms with Crippen molar-refractivity contribution >= 4 is 35.5 Å². The molecule has 1 aliphatic carbocycles. The monoisotopic (exact) mass is 372 g/mol. The number of aryl methyl sites for hydroxylation is 2. The maximum absolute atomic E-state index is 12.8. The number of nitrogens with one attached hydrogen (secondary N) is 2. The molecule has 7 nitrogen and oxygen atoms in total. The van der Waals surface area contributed by atoms with E-state index in [-0.39, 0.29) is 24.4 Å². The van der Waals surface area contributed by atoms with Gasteiger partial charge in [0.25, 0.3) is 5.91 Å². The minimum atomic E-state index is -0.563. The maximum atomic E-state index is 12.8. The van der Waals surface area contributed by atoms with Crippen molar-refractivity contribution in [2.75, 3.05) is 11.9 Å². The van der Waals surface area contributed by atoms with E-state index in [0.717, 1.165) is 29.7 Å². The molecule has 1 aromatic rings. The van der Waals surface area contributed by atoms with Crippen LogP contribution < -0.4 is 10.0 Å². The summed E-state index contributed by atoms with van der Waals surface area (Å²) in [5.41, 5.74) is 3.36. The fourth-order valence-electron chi connectivity index (χ4n) is 3.28. The largest absolute Gasteiger partial charge is 0.331 e. The molecule has 1 aromatic carbocycles. The summed E-state index contributed by atoms with van der Waals surface area (Å²) >= 11 is 1.27. The summed E-state index contributed by atoms with van der Waals surface area (Å²) in [6.45, 7) is 3.80. The highest BCUT2D eigenvalue weighted by atomic mass is 32.2. The van der Waals surface area contributed by atoms with Crippen LogP contribution in [0.25, 0.3) is 0 Å². The highest BCUT2D eigenvalue weighted by Gasteiger charge is 2.50. The van der Waals surface area contributed by atoms with Crippen molar-refractivity contribution in [1.82, 2.24) is 14.5 Å². The lowest BCUT2D eigenvalue weighted by Gasteiger charge is -2.38. The zero-order chi connectivity index (χ0) is 18.4. The van der Waals surface area contributed by atoms with Gasteiger partial charge in [-0.05, 0) is 38.3 Å². The molecule has 0 aromatic heterocycles. The van der Waals surface area contributed by atoms with E-state index in [1.165, 1.54) is 21.7 Å². The van der Waals surface area contributed by atoms with Gasteiger partial charge in [-0.25, -0.2) is 9.52 Å². The van der Waals surface area contributed by atoms with Crippen LogP contribution >= 0.6 is 11.9 Å². The second-order valence-corrected chi connectivity index (χ2v) is 7.59. The Kier molecular flexibility index (Phi) is 4.24. The zero-order valence-electron chi connectivity index (χ0n) is 14.6. The van der Waals surface area contributed by atoms with Gasteiger partial charge in [-0.2, -0.15) is 0 Å². The minimum absolute atomic E-state index is 0.0335. The number of anilines is 1. The number of carbonyl (C=O) groups is 3. The Bertz CT molecular complexity index is 834. The highest BCUT2D eigenvalue weighted by molar-refractivity contribution is 8.00. The molecule has 2 N–H and O–H groups in total. The van der Waals surface area contributed by atoms with Crippen molar-refractivity contribution in [3.63, 3.8) is 0 Å². The lowest BCUT2D eigenvalue weighted by atomic mass is 10.1. The maximum Gasteiger partial charge on any atom is 0.331 e. The van der Waals surface area contributed by atoms with E-state index in [4.69, 9.17) is 0 Å². The third-order valence-electron chi connectivity index (χ3n) is 4.76. The van der Waals surface area contributed by atoms with Crippen LogP contribution in [0.2, 0.25) is 0 Å². The number of nitrogens with zero attached hydrogens (tertiary/aromatic N) is 2. The summed E-state index contributed by atoms with van der Waals surface area (Å²) in [7, 11) is 0. The second-order valence-electron chi connectivity index (χ2n) is 6.89. The number of benzene rings is 1. The van der Waals surface area contributed by atoms with E-state index < -0.39 is 12.1 Å². The fourth-order valence-corrected chi connectivity index (χ4v) is 4.09. The number of hydrogen-bond donors (Lipinski definition) is 2. The summed E-state index contributed by atoms with van der Waals surface area (Å²) < 4.78 is 3.02. The summed E-state index contributed by atoms with van der Waals surface area (Å²) in [6.07, 6.45) is 1.66. The Morgan fingerprint density at radius 2 is 2.08 bits per heavy atom. The Morgan fingerprint density at radius 3 is 2.77 bits per heavy atom. The third kappa shape index (κ3) is 2.99. The third-order valence-corrected chi connectivity index (χ3v) is 5.50. The SMILES string of the molecule is Cc1ccc(NC(=O)CN2C(=O)N(C3CC3)C(=O)C3NSC=C32)c(C)c1. The molecule has 0 spiro atoms. The Labute approximate surface area is 155 Å². The van der Waals surface area contributed by atoms with Crippen LogP contribution in [0.15, 0.2) is 29.3 Å². The molecule has 3 aliphatic rings. The first-order valence-electron chi connectivity index (χ1n) is 8.58. The van der Waals surface area contributed by atoms with Gasteiger partial charge in [0, 0.05) is 17.1 Å². The van der Waals surface area contributed by atoms with Crippen LogP contribution in [-0.4, -0.2) is 46.3 Å². The van der Waals surface area contributed by atoms with Gasteiger partial charge in [0.1, 0.15) is 12.6 Å². The van der Waals surface area contributed by atoms with Crippen molar-refractivity contribution in [2.24, 2.45) is 0 Å². The first-order chi connectivity index (χ1) is 12.5.